The average molecular weight is 372 g/mol. The predicted molar refractivity (Wildman–Crippen MR) is 74.4 cm³/mol. The molecule has 0 aliphatic heterocycles. The predicted octanol–water partition coefficient (Wildman–Crippen LogP) is 1.70. The number of rotatable bonds is 4. The number of nitrogens with zero attached hydrogens (tertiary/aromatic N) is 1. The van der Waals surface area contributed by atoms with E-state index in [4.69, 9.17) is 4.74 Å². The number of ether oxygens (including phenoxy) is 1. The van der Waals surface area contributed by atoms with Crippen LogP contribution in [0.1, 0.15) is 28.5 Å². The summed E-state index contributed by atoms with van der Waals surface area (Å²) < 4.78 is 5.81. The molecule has 0 saturated heterocycles. The number of carboxylic acid groups (broad SMARTS) is 1. The van der Waals surface area contributed by atoms with Crippen LogP contribution in [0.4, 0.5) is 0 Å². The average Bonchev–Trinajstić information content (AvgIpc) is 2.25. The second kappa shape index (κ2) is 5.90. The molecule has 6 heteroatoms. The monoisotopic (exact) mass is 373 g/mol. The first-order valence-corrected chi connectivity index (χ1v) is 16.0. The maximum atomic E-state index is 11.3. The Morgan fingerprint density at radius 1 is 1.37 bits per heavy atom. The Balaban J connectivity index is 3.32. The number of aromatic nitrogens is 1. The van der Waals surface area contributed by atoms with Crippen molar-refractivity contribution < 1.29 is 19.4 Å². The number of aromatic carboxylic acids is 1. The molecule has 1 N–H and O–H groups in total. The molecule has 0 radical (unpaired) electrons. The Hall–Kier alpha value is -1.11. The first-order chi connectivity index (χ1) is 8.62. The van der Waals surface area contributed by atoms with E-state index in [9.17, 15) is 14.7 Å². The van der Waals surface area contributed by atoms with Crippen molar-refractivity contribution in [1.29, 1.82) is 0 Å². The van der Waals surface area contributed by atoms with Gasteiger partial charge >= 0.3 is 117 Å². The van der Waals surface area contributed by atoms with Crippen LogP contribution in [0.25, 0.3) is 0 Å². The molecule has 0 aromatic carbocycles. The topological polar surface area (TPSA) is 76.5 Å². The van der Waals surface area contributed by atoms with Gasteiger partial charge in [0.05, 0.1) is 0 Å². The fraction of sp³-hybridized carbons (Fsp3) is 0.462. The second-order valence-electron chi connectivity index (χ2n) is 5.46. The Kier molecular flexibility index (Phi) is 4.95. The van der Waals surface area contributed by atoms with Gasteiger partial charge in [-0.2, -0.15) is 0 Å². The number of carbonyl (C=O) groups is 2. The molecule has 104 valence electrons. The molecule has 19 heavy (non-hydrogen) atoms. The number of carbonyl (C=O) groups excluding carboxylic acids is 1. The van der Waals surface area contributed by atoms with E-state index in [1.807, 2.05) is 0 Å². The summed E-state index contributed by atoms with van der Waals surface area (Å²) in [6, 6.07) is 1.67. The number of carboxylic acids is 1. The SMILES string of the molecule is CC(=O)OCc1n[c]([Sn]([CH3])([CH3])[CH3])cc(C(=O)O)c1C. The van der Waals surface area contributed by atoms with Gasteiger partial charge in [0.2, 0.25) is 0 Å². The van der Waals surface area contributed by atoms with Crippen LogP contribution in [0.15, 0.2) is 6.07 Å². The van der Waals surface area contributed by atoms with Gasteiger partial charge in [0, 0.05) is 0 Å². The standard InChI is InChI=1S/C10H10NO4.3CH3.Sn/c1-6-8(10(13)14)3-4-11-9(6)5-15-7(2)12;;;;/h3H,5H2,1-2H3,(H,13,14);3*1H3;. The van der Waals surface area contributed by atoms with E-state index < -0.39 is 30.3 Å². The van der Waals surface area contributed by atoms with Gasteiger partial charge in [-0.05, 0) is 0 Å². The summed E-state index contributed by atoms with van der Waals surface area (Å²) in [5.74, 6) is -1.37. The molecule has 0 amide bonds. The summed E-state index contributed by atoms with van der Waals surface area (Å²) in [5, 5.41) is 9.25. The summed E-state index contributed by atoms with van der Waals surface area (Å²) >= 11 is -2.48. The molecular weight excluding hydrogens is 353 g/mol. The molecule has 0 unspecified atom stereocenters. The van der Waals surface area contributed by atoms with E-state index in [-0.39, 0.29) is 12.2 Å². The molecule has 1 aromatic rings. The molecule has 0 saturated carbocycles. The van der Waals surface area contributed by atoms with Crippen molar-refractivity contribution in [2.75, 3.05) is 0 Å². The summed E-state index contributed by atoms with van der Waals surface area (Å²) in [6.07, 6.45) is 0. The van der Waals surface area contributed by atoms with Gasteiger partial charge in [0.15, 0.2) is 0 Å². The number of hydrogen-bond acceptors (Lipinski definition) is 4. The van der Waals surface area contributed by atoms with Crippen molar-refractivity contribution in [2.24, 2.45) is 0 Å². The van der Waals surface area contributed by atoms with Crippen molar-refractivity contribution in [3.05, 3.63) is 22.9 Å². The Bertz CT molecular complexity index is 520. The molecule has 1 rings (SSSR count). The first-order valence-electron chi connectivity index (χ1n) is 6.00. The summed E-state index contributed by atoms with van der Waals surface area (Å²) in [4.78, 5) is 33.1. The van der Waals surface area contributed by atoms with E-state index in [2.05, 4.69) is 19.8 Å². The molecule has 0 atom stereocenters. The fourth-order valence-electron chi connectivity index (χ4n) is 1.58. The summed E-state index contributed by atoms with van der Waals surface area (Å²) in [7, 11) is 0. The molecule has 1 heterocycles. The van der Waals surface area contributed by atoms with Crippen LogP contribution in [0, 0.1) is 6.92 Å². The van der Waals surface area contributed by atoms with Gasteiger partial charge in [-0.15, -0.1) is 0 Å². The molecule has 0 aliphatic rings. The third-order valence-electron chi connectivity index (χ3n) is 2.78. The van der Waals surface area contributed by atoms with Crippen LogP contribution >= 0.6 is 0 Å². The minimum atomic E-state index is -2.48. The zero-order valence-electron chi connectivity index (χ0n) is 11.9. The molecule has 0 bridgehead atoms. The van der Waals surface area contributed by atoms with E-state index in [0.29, 0.717) is 11.3 Å². The fourth-order valence-corrected chi connectivity index (χ4v) is 4.57. The van der Waals surface area contributed by atoms with Gasteiger partial charge in [-0.3, -0.25) is 0 Å². The molecule has 0 fully saturated rings. The van der Waals surface area contributed by atoms with Gasteiger partial charge in [-0.25, -0.2) is 0 Å². The Morgan fingerprint density at radius 2 is 1.95 bits per heavy atom. The Labute approximate surface area is 116 Å². The first kappa shape index (κ1) is 15.9. The normalized spacial score (nSPS) is 11.2. The van der Waals surface area contributed by atoms with Crippen molar-refractivity contribution in [1.82, 2.24) is 4.98 Å². The van der Waals surface area contributed by atoms with E-state index in [0.717, 1.165) is 3.71 Å². The number of esters is 1. The summed E-state index contributed by atoms with van der Waals surface area (Å²) in [5.41, 5.74) is 1.35. The van der Waals surface area contributed by atoms with E-state index in [1.165, 1.54) is 6.92 Å². The third kappa shape index (κ3) is 4.19. The van der Waals surface area contributed by atoms with Gasteiger partial charge in [0.25, 0.3) is 0 Å². The molecule has 1 aromatic heterocycles. The molecule has 0 aliphatic carbocycles. The van der Waals surface area contributed by atoms with Crippen molar-refractivity contribution in [3.63, 3.8) is 0 Å². The van der Waals surface area contributed by atoms with Crippen molar-refractivity contribution in [2.45, 2.75) is 35.3 Å². The number of hydrogen-bond donors (Lipinski definition) is 1. The van der Waals surface area contributed by atoms with Gasteiger partial charge in [-0.1, -0.05) is 0 Å². The van der Waals surface area contributed by atoms with Crippen LogP contribution in [-0.4, -0.2) is 40.4 Å². The quantitative estimate of drug-likeness (QED) is 0.643. The van der Waals surface area contributed by atoms with Gasteiger partial charge in [0.1, 0.15) is 0 Å². The van der Waals surface area contributed by atoms with Crippen LogP contribution in [-0.2, 0) is 16.1 Å². The van der Waals surface area contributed by atoms with Crippen molar-refractivity contribution >= 4 is 34.0 Å². The molecular formula is C13H19NO4Sn. The molecule has 5 nitrogen and oxygen atoms in total. The van der Waals surface area contributed by atoms with Crippen molar-refractivity contribution in [3.8, 4) is 0 Å². The third-order valence-corrected chi connectivity index (χ3v) is 7.90. The van der Waals surface area contributed by atoms with Crippen LogP contribution < -0.4 is 3.71 Å². The van der Waals surface area contributed by atoms with Gasteiger partial charge < -0.3 is 0 Å². The van der Waals surface area contributed by atoms with Crippen LogP contribution in [0.3, 0.4) is 0 Å². The van der Waals surface area contributed by atoms with Crippen LogP contribution in [0.5, 0.6) is 0 Å². The maximum absolute atomic E-state index is 11.3. The van der Waals surface area contributed by atoms with E-state index >= 15 is 0 Å². The zero-order chi connectivity index (χ0) is 14.8. The number of pyridine rings is 1. The minimum absolute atomic E-state index is 0.0250. The Morgan fingerprint density at radius 3 is 2.37 bits per heavy atom. The summed E-state index contributed by atoms with van der Waals surface area (Å²) in [6.45, 7) is 3.04. The molecule has 0 spiro atoms. The van der Waals surface area contributed by atoms with Crippen LogP contribution in [0.2, 0.25) is 14.8 Å². The van der Waals surface area contributed by atoms with E-state index in [1.54, 1.807) is 13.0 Å². The zero-order valence-corrected chi connectivity index (χ0v) is 14.8. The second-order valence-corrected chi connectivity index (χ2v) is 19.8.